The number of aromatic nitrogens is 3. The number of benzene rings is 1. The number of carbonyl (C=O) groups is 1. The van der Waals surface area contributed by atoms with E-state index in [0.29, 0.717) is 29.8 Å². The maximum atomic E-state index is 12.4. The molecule has 0 aliphatic carbocycles. The van der Waals surface area contributed by atoms with E-state index >= 15 is 0 Å². The quantitative estimate of drug-likeness (QED) is 0.730. The van der Waals surface area contributed by atoms with Crippen LogP contribution in [0.2, 0.25) is 0 Å². The third-order valence-corrected chi connectivity index (χ3v) is 4.69. The number of aryl methyl sites for hydroxylation is 1. The van der Waals surface area contributed by atoms with Crippen LogP contribution in [0.5, 0.6) is 0 Å². The minimum absolute atomic E-state index is 0.0696. The molecule has 2 aromatic heterocycles. The second-order valence-electron chi connectivity index (χ2n) is 6.29. The number of amides is 1. The second-order valence-corrected chi connectivity index (χ2v) is 6.29. The van der Waals surface area contributed by atoms with Gasteiger partial charge in [-0.15, -0.1) is 0 Å². The molecular weight excluding hydrogens is 316 g/mol. The maximum absolute atomic E-state index is 12.4. The van der Waals surface area contributed by atoms with Crippen molar-refractivity contribution in [2.45, 2.75) is 18.9 Å². The molecule has 0 spiro atoms. The van der Waals surface area contributed by atoms with Crippen LogP contribution in [0, 0.1) is 0 Å². The highest BCUT2D eigenvalue weighted by molar-refractivity contribution is 5.78. The Balaban J connectivity index is 1.37. The smallest absolute Gasteiger partial charge is 0.261 e. The summed E-state index contributed by atoms with van der Waals surface area (Å²) in [4.78, 5) is 35.0. The Kier molecular flexibility index (Phi) is 4.01. The molecule has 1 aliphatic rings. The van der Waals surface area contributed by atoms with Crippen molar-refractivity contribution in [2.24, 2.45) is 0 Å². The molecular formula is C19H18N4O2. The third kappa shape index (κ3) is 3.03. The predicted molar refractivity (Wildman–Crippen MR) is 94.2 cm³/mol. The van der Waals surface area contributed by atoms with Crippen molar-refractivity contribution >= 4 is 16.8 Å². The Bertz CT molecular complexity index is 962. The predicted octanol–water partition coefficient (Wildman–Crippen LogP) is 1.81. The van der Waals surface area contributed by atoms with E-state index in [0.717, 1.165) is 13.1 Å². The normalized spacial score (nSPS) is 14.5. The highest BCUT2D eigenvalue weighted by Crippen LogP contribution is 2.26. The molecule has 0 bridgehead atoms. The molecule has 6 nitrogen and oxygen atoms in total. The minimum Gasteiger partial charge on any atom is -0.341 e. The number of hydrogen-bond donors (Lipinski definition) is 0. The van der Waals surface area contributed by atoms with E-state index in [2.05, 4.69) is 9.97 Å². The first-order chi connectivity index (χ1) is 12.2. The Morgan fingerprint density at radius 3 is 2.80 bits per heavy atom. The van der Waals surface area contributed by atoms with Gasteiger partial charge in [-0.05, 0) is 23.8 Å². The zero-order chi connectivity index (χ0) is 17.2. The van der Waals surface area contributed by atoms with Gasteiger partial charge in [-0.25, -0.2) is 4.98 Å². The van der Waals surface area contributed by atoms with Gasteiger partial charge < -0.3 is 4.90 Å². The number of rotatable bonds is 4. The zero-order valence-electron chi connectivity index (χ0n) is 13.7. The number of pyridine rings is 1. The number of likely N-dealkylation sites (tertiary alicyclic amines) is 1. The fourth-order valence-corrected chi connectivity index (χ4v) is 3.15. The molecule has 3 aromatic rings. The number of para-hydroxylation sites is 1. The SMILES string of the molecule is O=C(CCn1cnc2ccccc2c1=O)N1CC(c2cccnc2)C1. The minimum atomic E-state index is -0.102. The standard InChI is InChI=1S/C19H18N4O2/c24-18(23-11-15(12-23)14-4-3-8-20-10-14)7-9-22-13-21-17-6-2-1-5-16(17)19(22)25/h1-6,8,10,13,15H,7,9,11-12H2. The van der Waals surface area contributed by atoms with Crippen LogP contribution < -0.4 is 5.56 Å². The highest BCUT2D eigenvalue weighted by Gasteiger charge is 2.31. The van der Waals surface area contributed by atoms with Crippen LogP contribution in [0.25, 0.3) is 10.9 Å². The molecule has 1 fully saturated rings. The number of carbonyl (C=O) groups excluding carboxylic acids is 1. The Labute approximate surface area is 144 Å². The molecule has 1 aromatic carbocycles. The summed E-state index contributed by atoms with van der Waals surface area (Å²) in [5, 5.41) is 0.582. The lowest BCUT2D eigenvalue weighted by atomic mass is 9.92. The summed E-state index contributed by atoms with van der Waals surface area (Å²) in [5.41, 5.74) is 1.74. The van der Waals surface area contributed by atoms with Gasteiger partial charge in [0, 0.05) is 44.4 Å². The summed E-state index contributed by atoms with van der Waals surface area (Å²) in [6.07, 6.45) is 5.43. The second kappa shape index (κ2) is 6.47. The van der Waals surface area contributed by atoms with Crippen molar-refractivity contribution in [1.82, 2.24) is 19.4 Å². The van der Waals surface area contributed by atoms with Gasteiger partial charge in [0.05, 0.1) is 17.2 Å². The van der Waals surface area contributed by atoms with Crippen molar-refractivity contribution in [1.29, 1.82) is 0 Å². The van der Waals surface area contributed by atoms with Crippen molar-refractivity contribution in [3.63, 3.8) is 0 Å². The molecule has 1 aliphatic heterocycles. The van der Waals surface area contributed by atoms with Gasteiger partial charge in [0.1, 0.15) is 0 Å². The summed E-state index contributed by atoms with van der Waals surface area (Å²) in [7, 11) is 0. The van der Waals surface area contributed by atoms with Crippen LogP contribution in [-0.2, 0) is 11.3 Å². The van der Waals surface area contributed by atoms with E-state index in [4.69, 9.17) is 0 Å². The Morgan fingerprint density at radius 1 is 1.16 bits per heavy atom. The first-order valence-electron chi connectivity index (χ1n) is 8.34. The summed E-state index contributed by atoms with van der Waals surface area (Å²) < 4.78 is 1.51. The van der Waals surface area contributed by atoms with Crippen LogP contribution in [0.4, 0.5) is 0 Å². The van der Waals surface area contributed by atoms with Gasteiger partial charge in [-0.3, -0.25) is 19.1 Å². The third-order valence-electron chi connectivity index (χ3n) is 4.69. The Morgan fingerprint density at radius 2 is 2.00 bits per heavy atom. The van der Waals surface area contributed by atoms with Gasteiger partial charge in [0.25, 0.3) is 5.56 Å². The molecule has 0 unspecified atom stereocenters. The zero-order valence-corrected chi connectivity index (χ0v) is 13.7. The molecule has 0 atom stereocenters. The van der Waals surface area contributed by atoms with E-state index in [1.165, 1.54) is 16.5 Å². The van der Waals surface area contributed by atoms with Crippen molar-refractivity contribution in [3.05, 3.63) is 71.0 Å². The van der Waals surface area contributed by atoms with Crippen LogP contribution in [0.3, 0.4) is 0 Å². The summed E-state index contributed by atoms with van der Waals surface area (Å²) in [5.74, 6) is 0.433. The summed E-state index contributed by atoms with van der Waals surface area (Å²) >= 11 is 0. The average molecular weight is 334 g/mol. The fraction of sp³-hybridized carbons (Fsp3) is 0.263. The molecule has 1 saturated heterocycles. The average Bonchev–Trinajstić information content (AvgIpc) is 2.61. The van der Waals surface area contributed by atoms with Gasteiger partial charge in [0.15, 0.2) is 0 Å². The van der Waals surface area contributed by atoms with Crippen LogP contribution in [-0.4, -0.2) is 38.4 Å². The highest BCUT2D eigenvalue weighted by atomic mass is 16.2. The van der Waals surface area contributed by atoms with Gasteiger partial charge in [-0.1, -0.05) is 18.2 Å². The molecule has 1 amide bonds. The molecule has 6 heteroatoms. The molecule has 4 rings (SSSR count). The van der Waals surface area contributed by atoms with Gasteiger partial charge in [0.2, 0.25) is 5.91 Å². The van der Waals surface area contributed by atoms with Crippen molar-refractivity contribution < 1.29 is 4.79 Å². The molecule has 0 N–H and O–H groups in total. The summed E-state index contributed by atoms with van der Waals surface area (Å²) in [6.45, 7) is 1.79. The van der Waals surface area contributed by atoms with Crippen molar-refractivity contribution in [2.75, 3.05) is 13.1 Å². The molecule has 25 heavy (non-hydrogen) atoms. The van der Waals surface area contributed by atoms with E-state index in [1.54, 1.807) is 12.3 Å². The summed E-state index contributed by atoms with van der Waals surface area (Å²) in [6, 6.07) is 11.2. The molecule has 3 heterocycles. The first kappa shape index (κ1) is 15.5. The topological polar surface area (TPSA) is 68.1 Å². The van der Waals surface area contributed by atoms with Crippen LogP contribution in [0.15, 0.2) is 59.9 Å². The largest absolute Gasteiger partial charge is 0.341 e. The van der Waals surface area contributed by atoms with Crippen LogP contribution in [0.1, 0.15) is 17.9 Å². The van der Waals surface area contributed by atoms with E-state index < -0.39 is 0 Å². The first-order valence-corrected chi connectivity index (χ1v) is 8.34. The van der Waals surface area contributed by atoms with E-state index in [9.17, 15) is 9.59 Å². The van der Waals surface area contributed by atoms with Crippen molar-refractivity contribution in [3.8, 4) is 0 Å². The van der Waals surface area contributed by atoms with Gasteiger partial charge in [-0.2, -0.15) is 0 Å². The van der Waals surface area contributed by atoms with E-state index in [-0.39, 0.29) is 11.5 Å². The maximum Gasteiger partial charge on any atom is 0.261 e. The lowest BCUT2D eigenvalue weighted by Crippen LogP contribution is -2.48. The fourth-order valence-electron chi connectivity index (χ4n) is 3.15. The monoisotopic (exact) mass is 334 g/mol. The van der Waals surface area contributed by atoms with E-state index in [1.807, 2.05) is 41.4 Å². The Hall–Kier alpha value is -3.02. The molecule has 126 valence electrons. The lowest BCUT2D eigenvalue weighted by molar-refractivity contribution is -0.135. The number of hydrogen-bond acceptors (Lipinski definition) is 4. The van der Waals surface area contributed by atoms with Gasteiger partial charge >= 0.3 is 0 Å². The molecule has 0 radical (unpaired) electrons. The van der Waals surface area contributed by atoms with Crippen LogP contribution >= 0.6 is 0 Å². The number of fused-ring (bicyclic) bond motifs is 1. The number of nitrogens with zero attached hydrogens (tertiary/aromatic N) is 4. The lowest BCUT2D eigenvalue weighted by Gasteiger charge is -2.39. The molecule has 0 saturated carbocycles.